The molecular weight excluding hydrogens is 364 g/mol. The monoisotopic (exact) mass is 400 g/mol. The molecule has 1 aliphatic rings. The zero-order valence-electron chi connectivity index (χ0n) is 18.7. The van der Waals surface area contributed by atoms with Gasteiger partial charge in [0.1, 0.15) is 16.8 Å². The average molecular weight is 401 g/mol. The number of esters is 1. The predicted octanol–water partition coefficient (Wildman–Crippen LogP) is 4.13. The maximum Gasteiger partial charge on any atom is 0.429 e. The molecule has 28 heavy (non-hydrogen) atoms. The highest BCUT2D eigenvalue weighted by Gasteiger charge is 2.38. The van der Waals surface area contributed by atoms with Crippen molar-refractivity contribution in [1.29, 1.82) is 0 Å². The van der Waals surface area contributed by atoms with E-state index in [0.29, 0.717) is 12.8 Å². The average Bonchev–Trinajstić information content (AvgIpc) is 2.64. The summed E-state index contributed by atoms with van der Waals surface area (Å²) in [4.78, 5) is 37.9. The van der Waals surface area contributed by atoms with Crippen molar-refractivity contribution in [2.75, 3.05) is 13.1 Å². The third-order valence-electron chi connectivity index (χ3n) is 3.62. The van der Waals surface area contributed by atoms with Crippen molar-refractivity contribution >= 4 is 18.2 Å². The summed E-state index contributed by atoms with van der Waals surface area (Å²) in [5, 5.41) is 2.45. The van der Waals surface area contributed by atoms with Gasteiger partial charge >= 0.3 is 18.2 Å². The number of carbonyl (C=O) groups excluding carboxylic acids is 3. The summed E-state index contributed by atoms with van der Waals surface area (Å²) in [5.74, 6) is -0.751. The van der Waals surface area contributed by atoms with Gasteiger partial charge in [-0.1, -0.05) is 0 Å². The number of hydrazine groups is 1. The second-order valence-electron chi connectivity index (χ2n) is 10.0. The minimum atomic E-state index is -0.715. The number of hydrogen-bond acceptors (Lipinski definition) is 6. The number of hydrogen-bond donors (Lipinski definition) is 0. The van der Waals surface area contributed by atoms with Crippen LogP contribution >= 0.6 is 0 Å². The SMILES string of the molecule is CC(C)(C)OC(=O)C1CCN(C(=O)OC(C)(C)C)N(C(=O)OC(C)(C)C)CC1. The lowest BCUT2D eigenvalue weighted by molar-refractivity contribution is -0.160. The van der Waals surface area contributed by atoms with E-state index in [1.165, 1.54) is 10.0 Å². The lowest BCUT2D eigenvalue weighted by atomic mass is 10.0. The van der Waals surface area contributed by atoms with Gasteiger partial charge in [-0.05, 0) is 75.2 Å². The Morgan fingerprint density at radius 1 is 0.643 bits per heavy atom. The largest absolute Gasteiger partial charge is 0.460 e. The van der Waals surface area contributed by atoms with Crippen LogP contribution in [-0.4, -0.2) is 58.1 Å². The third kappa shape index (κ3) is 8.35. The number of amides is 2. The third-order valence-corrected chi connectivity index (χ3v) is 3.62. The maximum absolute atomic E-state index is 12.7. The van der Waals surface area contributed by atoms with Gasteiger partial charge in [0.05, 0.1) is 5.92 Å². The van der Waals surface area contributed by atoms with E-state index in [-0.39, 0.29) is 19.1 Å². The summed E-state index contributed by atoms with van der Waals surface area (Å²) in [5.41, 5.74) is -2.03. The Hall–Kier alpha value is -1.99. The summed E-state index contributed by atoms with van der Waals surface area (Å²) in [6.45, 7) is 16.2. The van der Waals surface area contributed by atoms with Crippen LogP contribution in [0.2, 0.25) is 0 Å². The molecule has 162 valence electrons. The summed E-state index contributed by atoms with van der Waals surface area (Å²) in [7, 11) is 0. The van der Waals surface area contributed by atoms with E-state index in [0.717, 1.165) is 0 Å². The van der Waals surface area contributed by atoms with E-state index in [4.69, 9.17) is 14.2 Å². The van der Waals surface area contributed by atoms with E-state index in [2.05, 4.69) is 0 Å². The summed E-state index contributed by atoms with van der Waals surface area (Å²) in [6, 6.07) is 0. The maximum atomic E-state index is 12.7. The van der Waals surface area contributed by atoms with Gasteiger partial charge in [-0.25, -0.2) is 19.6 Å². The summed E-state index contributed by atoms with van der Waals surface area (Å²) >= 11 is 0. The van der Waals surface area contributed by atoms with Gasteiger partial charge in [0.2, 0.25) is 0 Å². The van der Waals surface area contributed by atoms with Crippen LogP contribution in [0.5, 0.6) is 0 Å². The number of nitrogens with zero attached hydrogens (tertiary/aromatic N) is 2. The van der Waals surface area contributed by atoms with Gasteiger partial charge in [-0.2, -0.15) is 0 Å². The normalized spacial score (nSPS) is 17.0. The molecular formula is C20H36N2O6. The summed E-state index contributed by atoms with van der Waals surface area (Å²) in [6.07, 6.45) is -0.563. The molecule has 1 fully saturated rings. The lowest BCUT2D eigenvalue weighted by Gasteiger charge is -2.35. The first-order valence-corrected chi connectivity index (χ1v) is 9.72. The van der Waals surface area contributed by atoms with Crippen molar-refractivity contribution in [3.05, 3.63) is 0 Å². The van der Waals surface area contributed by atoms with Crippen LogP contribution < -0.4 is 0 Å². The van der Waals surface area contributed by atoms with E-state index >= 15 is 0 Å². The molecule has 1 rings (SSSR count). The van der Waals surface area contributed by atoms with Gasteiger partial charge in [-0.15, -0.1) is 0 Å². The Kier molecular flexibility index (Phi) is 7.36. The molecule has 0 aromatic rings. The van der Waals surface area contributed by atoms with Crippen molar-refractivity contribution in [3.8, 4) is 0 Å². The van der Waals surface area contributed by atoms with Crippen LogP contribution in [0.1, 0.15) is 75.2 Å². The zero-order chi connectivity index (χ0) is 21.9. The smallest absolute Gasteiger partial charge is 0.429 e. The minimum absolute atomic E-state index is 0.151. The first-order chi connectivity index (χ1) is 12.5. The summed E-state index contributed by atoms with van der Waals surface area (Å²) < 4.78 is 16.4. The molecule has 0 N–H and O–H groups in total. The number of carbonyl (C=O) groups is 3. The van der Waals surface area contributed by atoms with Crippen molar-refractivity contribution in [1.82, 2.24) is 10.0 Å². The quantitative estimate of drug-likeness (QED) is 0.486. The van der Waals surface area contributed by atoms with Gasteiger partial charge in [-0.3, -0.25) is 4.79 Å². The van der Waals surface area contributed by atoms with E-state index in [9.17, 15) is 14.4 Å². The van der Waals surface area contributed by atoms with Crippen molar-refractivity contribution in [2.24, 2.45) is 5.92 Å². The highest BCUT2D eigenvalue weighted by atomic mass is 16.6. The van der Waals surface area contributed by atoms with Crippen molar-refractivity contribution in [2.45, 2.75) is 92.0 Å². The Labute approximate surface area is 168 Å². The molecule has 1 saturated heterocycles. The molecule has 0 saturated carbocycles. The zero-order valence-corrected chi connectivity index (χ0v) is 18.7. The van der Waals surface area contributed by atoms with Crippen molar-refractivity contribution < 1.29 is 28.6 Å². The fourth-order valence-corrected chi connectivity index (χ4v) is 2.57. The van der Waals surface area contributed by atoms with Crippen LogP contribution in [0.3, 0.4) is 0 Å². The van der Waals surface area contributed by atoms with E-state index in [1.807, 2.05) is 20.8 Å². The molecule has 0 radical (unpaired) electrons. The molecule has 2 amide bonds. The molecule has 0 aromatic carbocycles. The van der Waals surface area contributed by atoms with Crippen LogP contribution in [0.25, 0.3) is 0 Å². The molecule has 0 bridgehead atoms. The molecule has 0 aliphatic carbocycles. The first-order valence-electron chi connectivity index (χ1n) is 9.72. The van der Waals surface area contributed by atoms with Crippen LogP contribution in [0.15, 0.2) is 0 Å². The molecule has 1 heterocycles. The molecule has 0 atom stereocenters. The molecule has 8 nitrogen and oxygen atoms in total. The molecule has 8 heteroatoms. The topological polar surface area (TPSA) is 85.4 Å². The fraction of sp³-hybridized carbons (Fsp3) is 0.850. The molecule has 0 spiro atoms. The van der Waals surface area contributed by atoms with Crippen molar-refractivity contribution in [3.63, 3.8) is 0 Å². The minimum Gasteiger partial charge on any atom is -0.460 e. The van der Waals surface area contributed by atoms with E-state index in [1.54, 1.807) is 41.5 Å². The number of ether oxygens (including phenoxy) is 3. The fourth-order valence-electron chi connectivity index (χ4n) is 2.57. The van der Waals surface area contributed by atoms with Crippen LogP contribution in [0, 0.1) is 5.92 Å². The molecule has 1 aliphatic heterocycles. The second-order valence-corrected chi connectivity index (χ2v) is 10.0. The highest BCUT2D eigenvalue weighted by molar-refractivity contribution is 5.76. The number of rotatable bonds is 1. The van der Waals surface area contributed by atoms with Gasteiger partial charge in [0.25, 0.3) is 0 Å². The Balaban J connectivity index is 3.02. The van der Waals surface area contributed by atoms with E-state index < -0.39 is 34.9 Å². The lowest BCUT2D eigenvalue weighted by Crippen LogP contribution is -2.52. The molecule has 0 unspecified atom stereocenters. The van der Waals surface area contributed by atoms with Gasteiger partial charge < -0.3 is 14.2 Å². The predicted molar refractivity (Wildman–Crippen MR) is 104 cm³/mol. The second kappa shape index (κ2) is 8.57. The Morgan fingerprint density at radius 3 is 1.25 bits per heavy atom. The van der Waals surface area contributed by atoms with Gasteiger partial charge in [0, 0.05) is 13.1 Å². The Morgan fingerprint density at radius 2 is 0.964 bits per heavy atom. The van der Waals surface area contributed by atoms with Gasteiger partial charge in [0.15, 0.2) is 0 Å². The molecule has 0 aromatic heterocycles. The Bertz CT molecular complexity index is 545. The highest BCUT2D eigenvalue weighted by Crippen LogP contribution is 2.24. The van der Waals surface area contributed by atoms with Crippen LogP contribution in [0.4, 0.5) is 9.59 Å². The van der Waals surface area contributed by atoms with Crippen LogP contribution in [-0.2, 0) is 19.0 Å². The first kappa shape index (κ1) is 24.0. The standard InChI is InChI=1S/C20H36N2O6/c1-18(2,3)26-15(23)14-10-12-21(16(24)27-19(4,5)6)22(13-11-14)17(25)28-20(7,8)9/h14H,10-13H2,1-9H3.